The first-order valence-electron chi connectivity index (χ1n) is 6.11. The average Bonchev–Trinajstić information content (AvgIpc) is 2.89. The molecule has 0 radical (unpaired) electrons. The van der Waals surface area contributed by atoms with E-state index < -0.39 is 0 Å². The first kappa shape index (κ1) is 10.0. The van der Waals surface area contributed by atoms with Gasteiger partial charge >= 0.3 is 0 Å². The molecule has 3 rings (SSSR count). The van der Waals surface area contributed by atoms with E-state index in [2.05, 4.69) is 5.32 Å². The molecule has 3 unspecified atom stereocenters. The van der Waals surface area contributed by atoms with Gasteiger partial charge in [-0.2, -0.15) is 0 Å². The highest BCUT2D eigenvalue weighted by Gasteiger charge is 2.42. The Labute approximate surface area is 96.1 Å². The van der Waals surface area contributed by atoms with E-state index in [9.17, 15) is 4.79 Å². The number of ketones is 1. The monoisotopic (exact) mass is 215 g/mol. The summed E-state index contributed by atoms with van der Waals surface area (Å²) in [4.78, 5) is 12.3. The molecule has 3 atom stereocenters. The molecule has 0 spiro atoms. The Morgan fingerprint density at radius 2 is 2.25 bits per heavy atom. The van der Waals surface area contributed by atoms with E-state index >= 15 is 0 Å². The molecule has 1 aromatic rings. The van der Waals surface area contributed by atoms with Crippen molar-refractivity contribution >= 4 is 5.78 Å². The van der Waals surface area contributed by atoms with Gasteiger partial charge in [0.25, 0.3) is 0 Å². The van der Waals surface area contributed by atoms with Crippen LogP contribution in [0.2, 0.25) is 0 Å². The van der Waals surface area contributed by atoms with Crippen molar-refractivity contribution in [1.29, 1.82) is 0 Å². The Morgan fingerprint density at radius 1 is 1.38 bits per heavy atom. The number of carbonyl (C=O) groups is 1. The van der Waals surface area contributed by atoms with Crippen LogP contribution in [0.5, 0.6) is 0 Å². The first-order chi connectivity index (χ1) is 7.74. The molecule has 16 heavy (non-hydrogen) atoms. The molecular weight excluding hydrogens is 198 g/mol. The second-order valence-corrected chi connectivity index (χ2v) is 5.12. The Balaban J connectivity index is 1.83. The van der Waals surface area contributed by atoms with E-state index in [1.165, 1.54) is 18.4 Å². The number of nitrogens with one attached hydrogen (secondary N) is 1. The summed E-state index contributed by atoms with van der Waals surface area (Å²) in [6.07, 6.45) is 3.46. The van der Waals surface area contributed by atoms with Crippen molar-refractivity contribution in [3.8, 4) is 0 Å². The average molecular weight is 215 g/mol. The zero-order valence-electron chi connectivity index (χ0n) is 9.57. The summed E-state index contributed by atoms with van der Waals surface area (Å²) in [7, 11) is 0. The number of carbonyl (C=O) groups excluding carboxylic acids is 1. The number of benzene rings is 1. The van der Waals surface area contributed by atoms with Crippen LogP contribution in [0, 0.1) is 12.8 Å². The molecule has 0 amide bonds. The van der Waals surface area contributed by atoms with Gasteiger partial charge in [-0.3, -0.25) is 4.79 Å². The number of hydrogen-bond acceptors (Lipinski definition) is 2. The van der Waals surface area contributed by atoms with E-state index in [-0.39, 0.29) is 5.92 Å². The van der Waals surface area contributed by atoms with E-state index in [0.717, 1.165) is 12.0 Å². The highest BCUT2D eigenvalue weighted by molar-refractivity contribution is 5.98. The van der Waals surface area contributed by atoms with Crippen LogP contribution in [-0.4, -0.2) is 17.9 Å². The predicted molar refractivity (Wildman–Crippen MR) is 63.6 cm³/mol. The molecule has 2 bridgehead atoms. The third-order valence-corrected chi connectivity index (χ3v) is 3.94. The first-order valence-corrected chi connectivity index (χ1v) is 6.11. The maximum Gasteiger partial charge on any atom is 0.167 e. The Hall–Kier alpha value is -1.15. The lowest BCUT2D eigenvalue weighted by Crippen LogP contribution is -2.28. The van der Waals surface area contributed by atoms with Gasteiger partial charge in [-0.25, -0.2) is 0 Å². The third-order valence-electron chi connectivity index (χ3n) is 3.94. The maximum absolute atomic E-state index is 12.3. The van der Waals surface area contributed by atoms with Gasteiger partial charge in [0.2, 0.25) is 0 Å². The SMILES string of the molecule is Cc1cccc(C(=O)C2CC3CCC2N3)c1. The number of aryl methyl sites for hydroxylation is 1. The van der Waals surface area contributed by atoms with Gasteiger partial charge in [0.15, 0.2) is 5.78 Å². The summed E-state index contributed by atoms with van der Waals surface area (Å²) >= 11 is 0. The van der Waals surface area contributed by atoms with Gasteiger partial charge in [-0.15, -0.1) is 0 Å². The minimum Gasteiger partial charge on any atom is -0.310 e. The molecule has 2 fully saturated rings. The van der Waals surface area contributed by atoms with Crippen molar-refractivity contribution in [2.45, 2.75) is 38.3 Å². The molecular formula is C14H17NO. The van der Waals surface area contributed by atoms with Crippen LogP contribution >= 0.6 is 0 Å². The number of Topliss-reactive ketones (excluding diaryl/α,β-unsaturated/α-hetero) is 1. The maximum atomic E-state index is 12.3. The van der Waals surface area contributed by atoms with Crippen molar-refractivity contribution < 1.29 is 4.79 Å². The van der Waals surface area contributed by atoms with Crippen LogP contribution in [0.25, 0.3) is 0 Å². The lowest BCUT2D eigenvalue weighted by atomic mass is 9.83. The van der Waals surface area contributed by atoms with Crippen molar-refractivity contribution in [2.24, 2.45) is 5.92 Å². The van der Waals surface area contributed by atoms with Gasteiger partial charge in [-0.05, 0) is 32.3 Å². The summed E-state index contributed by atoms with van der Waals surface area (Å²) in [5.41, 5.74) is 2.06. The minimum atomic E-state index is 0.223. The van der Waals surface area contributed by atoms with Crippen molar-refractivity contribution in [1.82, 2.24) is 5.32 Å². The van der Waals surface area contributed by atoms with Gasteiger partial charge in [0, 0.05) is 23.6 Å². The number of hydrogen-bond donors (Lipinski definition) is 1. The van der Waals surface area contributed by atoms with Crippen molar-refractivity contribution in [3.05, 3.63) is 35.4 Å². The van der Waals surface area contributed by atoms with E-state index in [0.29, 0.717) is 17.9 Å². The molecule has 2 saturated heterocycles. The molecule has 0 aliphatic carbocycles. The lowest BCUT2D eigenvalue weighted by molar-refractivity contribution is 0.0901. The molecule has 2 aliphatic heterocycles. The molecule has 2 heterocycles. The Morgan fingerprint density at radius 3 is 2.88 bits per heavy atom. The van der Waals surface area contributed by atoms with E-state index in [1.807, 2.05) is 31.2 Å². The second kappa shape index (κ2) is 3.70. The van der Waals surface area contributed by atoms with Crippen LogP contribution in [-0.2, 0) is 0 Å². The summed E-state index contributed by atoms with van der Waals surface area (Å²) in [5, 5.41) is 3.52. The third kappa shape index (κ3) is 1.57. The van der Waals surface area contributed by atoms with Crippen LogP contribution in [0.4, 0.5) is 0 Å². The molecule has 2 heteroatoms. The fraction of sp³-hybridized carbons (Fsp3) is 0.500. The lowest BCUT2D eigenvalue weighted by Gasteiger charge is -2.18. The van der Waals surface area contributed by atoms with Crippen molar-refractivity contribution in [3.63, 3.8) is 0 Å². The summed E-state index contributed by atoms with van der Waals surface area (Å²) in [5.74, 6) is 0.559. The molecule has 0 saturated carbocycles. The second-order valence-electron chi connectivity index (χ2n) is 5.12. The Kier molecular flexibility index (Phi) is 2.32. The summed E-state index contributed by atoms with van der Waals surface area (Å²) in [6.45, 7) is 2.04. The van der Waals surface area contributed by atoms with E-state index in [1.54, 1.807) is 0 Å². The largest absolute Gasteiger partial charge is 0.310 e. The smallest absolute Gasteiger partial charge is 0.167 e. The molecule has 0 aromatic heterocycles. The minimum absolute atomic E-state index is 0.223. The topological polar surface area (TPSA) is 29.1 Å². The molecule has 2 nitrogen and oxygen atoms in total. The van der Waals surface area contributed by atoms with Crippen LogP contribution < -0.4 is 5.32 Å². The van der Waals surface area contributed by atoms with Crippen LogP contribution in [0.15, 0.2) is 24.3 Å². The van der Waals surface area contributed by atoms with Gasteiger partial charge in [0.1, 0.15) is 0 Å². The van der Waals surface area contributed by atoms with Gasteiger partial charge in [0.05, 0.1) is 0 Å². The predicted octanol–water partition coefficient (Wildman–Crippen LogP) is 2.32. The summed E-state index contributed by atoms with van der Waals surface area (Å²) < 4.78 is 0. The van der Waals surface area contributed by atoms with Gasteiger partial charge < -0.3 is 5.32 Å². The van der Waals surface area contributed by atoms with Crippen LogP contribution in [0.1, 0.15) is 35.2 Å². The highest BCUT2D eigenvalue weighted by atomic mass is 16.1. The molecule has 2 aliphatic rings. The fourth-order valence-electron chi connectivity index (χ4n) is 3.13. The quantitative estimate of drug-likeness (QED) is 0.767. The highest BCUT2D eigenvalue weighted by Crippen LogP contribution is 2.35. The number of fused-ring (bicyclic) bond motifs is 2. The zero-order chi connectivity index (χ0) is 11.1. The number of rotatable bonds is 2. The Bertz CT molecular complexity index is 426. The fourth-order valence-corrected chi connectivity index (χ4v) is 3.13. The van der Waals surface area contributed by atoms with E-state index in [4.69, 9.17) is 0 Å². The molecule has 1 aromatic carbocycles. The molecule has 1 N–H and O–H groups in total. The van der Waals surface area contributed by atoms with Gasteiger partial charge in [-0.1, -0.05) is 23.8 Å². The summed E-state index contributed by atoms with van der Waals surface area (Å²) in [6, 6.07) is 9.01. The zero-order valence-corrected chi connectivity index (χ0v) is 9.57. The molecule has 84 valence electrons. The van der Waals surface area contributed by atoms with Crippen LogP contribution in [0.3, 0.4) is 0 Å². The standard InChI is InChI=1S/C14H17NO/c1-9-3-2-4-10(7-9)14(16)12-8-11-5-6-13(12)15-11/h2-4,7,11-13,15H,5-6,8H2,1H3. The van der Waals surface area contributed by atoms with Crippen molar-refractivity contribution in [2.75, 3.05) is 0 Å². The normalized spacial score (nSPS) is 31.9.